The molecule has 1 saturated heterocycles. The molecule has 1 aromatic heterocycles. The fraction of sp³-hybridized carbons (Fsp3) is 0.538. The van der Waals surface area contributed by atoms with Gasteiger partial charge in [-0.3, -0.25) is 20.2 Å². The Kier molecular flexibility index (Phi) is 3.18. The minimum Gasteiger partial charge on any atom is -0.299 e. The van der Waals surface area contributed by atoms with E-state index in [-0.39, 0.29) is 23.9 Å². The van der Waals surface area contributed by atoms with Crippen LogP contribution in [0.4, 0.5) is 0 Å². The SMILES string of the molecule is O=C1CCC(NC2CCCc3sccc32)C(=O)N1. The van der Waals surface area contributed by atoms with E-state index in [9.17, 15) is 9.59 Å². The van der Waals surface area contributed by atoms with Crippen LogP contribution in [0.25, 0.3) is 0 Å². The average molecular weight is 264 g/mol. The smallest absolute Gasteiger partial charge is 0.243 e. The van der Waals surface area contributed by atoms with Crippen molar-refractivity contribution < 1.29 is 9.59 Å². The molecule has 2 unspecified atom stereocenters. The molecule has 18 heavy (non-hydrogen) atoms. The molecule has 1 fully saturated rings. The van der Waals surface area contributed by atoms with Gasteiger partial charge in [0.05, 0.1) is 6.04 Å². The molecule has 2 heterocycles. The van der Waals surface area contributed by atoms with Crippen molar-refractivity contribution in [2.24, 2.45) is 0 Å². The number of imide groups is 1. The van der Waals surface area contributed by atoms with Gasteiger partial charge >= 0.3 is 0 Å². The maximum absolute atomic E-state index is 11.7. The third kappa shape index (κ3) is 2.20. The molecular formula is C13H16N2O2S. The highest BCUT2D eigenvalue weighted by Gasteiger charge is 2.30. The predicted molar refractivity (Wildman–Crippen MR) is 69.3 cm³/mol. The molecule has 0 bridgehead atoms. The second-order valence-electron chi connectivity index (χ2n) is 4.91. The summed E-state index contributed by atoms with van der Waals surface area (Å²) in [6.07, 6.45) is 4.44. The van der Waals surface area contributed by atoms with Crippen LogP contribution in [0.5, 0.6) is 0 Å². The van der Waals surface area contributed by atoms with E-state index < -0.39 is 0 Å². The van der Waals surface area contributed by atoms with Gasteiger partial charge in [-0.15, -0.1) is 11.3 Å². The first-order chi connectivity index (χ1) is 8.74. The van der Waals surface area contributed by atoms with Crippen LogP contribution in [0.15, 0.2) is 11.4 Å². The maximum Gasteiger partial charge on any atom is 0.243 e. The Morgan fingerprint density at radius 2 is 2.11 bits per heavy atom. The van der Waals surface area contributed by atoms with Crippen LogP contribution in [0.2, 0.25) is 0 Å². The van der Waals surface area contributed by atoms with E-state index in [0.29, 0.717) is 12.8 Å². The highest BCUT2D eigenvalue weighted by molar-refractivity contribution is 7.10. The molecule has 2 atom stereocenters. The van der Waals surface area contributed by atoms with Gasteiger partial charge in [0.25, 0.3) is 0 Å². The highest BCUT2D eigenvalue weighted by Crippen LogP contribution is 2.33. The summed E-state index contributed by atoms with van der Waals surface area (Å²) >= 11 is 1.80. The van der Waals surface area contributed by atoms with Gasteiger partial charge in [-0.2, -0.15) is 0 Å². The van der Waals surface area contributed by atoms with Gasteiger partial charge in [-0.05, 0) is 42.7 Å². The Morgan fingerprint density at radius 1 is 1.22 bits per heavy atom. The Bertz CT molecular complexity index is 483. The van der Waals surface area contributed by atoms with Crippen LogP contribution in [0.3, 0.4) is 0 Å². The summed E-state index contributed by atoms with van der Waals surface area (Å²) in [7, 11) is 0. The van der Waals surface area contributed by atoms with Gasteiger partial charge in [0.2, 0.25) is 11.8 Å². The Morgan fingerprint density at radius 3 is 2.94 bits per heavy atom. The van der Waals surface area contributed by atoms with Crippen molar-refractivity contribution in [1.29, 1.82) is 0 Å². The minimum absolute atomic E-state index is 0.155. The topological polar surface area (TPSA) is 58.2 Å². The molecule has 2 amide bonds. The van der Waals surface area contributed by atoms with Crippen molar-refractivity contribution in [3.8, 4) is 0 Å². The summed E-state index contributed by atoms with van der Waals surface area (Å²) in [5.41, 5.74) is 1.34. The van der Waals surface area contributed by atoms with E-state index in [4.69, 9.17) is 0 Å². The van der Waals surface area contributed by atoms with E-state index in [2.05, 4.69) is 22.1 Å². The molecule has 2 N–H and O–H groups in total. The van der Waals surface area contributed by atoms with Crippen molar-refractivity contribution in [3.63, 3.8) is 0 Å². The van der Waals surface area contributed by atoms with Crippen molar-refractivity contribution in [2.75, 3.05) is 0 Å². The van der Waals surface area contributed by atoms with Gasteiger partial charge in [0, 0.05) is 17.3 Å². The molecule has 0 saturated carbocycles. The highest BCUT2D eigenvalue weighted by atomic mass is 32.1. The van der Waals surface area contributed by atoms with Crippen LogP contribution in [0, 0.1) is 0 Å². The number of hydrogen-bond donors (Lipinski definition) is 2. The van der Waals surface area contributed by atoms with Crippen molar-refractivity contribution in [2.45, 2.75) is 44.2 Å². The molecule has 1 aliphatic heterocycles. The number of amides is 2. The third-order valence-corrected chi connectivity index (χ3v) is 4.69. The third-order valence-electron chi connectivity index (χ3n) is 3.69. The van der Waals surface area contributed by atoms with Crippen LogP contribution in [-0.2, 0) is 16.0 Å². The number of rotatable bonds is 2. The number of carbonyl (C=O) groups is 2. The van der Waals surface area contributed by atoms with Crippen LogP contribution in [-0.4, -0.2) is 17.9 Å². The number of thiophene rings is 1. The van der Waals surface area contributed by atoms with Crippen molar-refractivity contribution in [3.05, 3.63) is 21.9 Å². The van der Waals surface area contributed by atoms with Crippen LogP contribution < -0.4 is 10.6 Å². The molecular weight excluding hydrogens is 248 g/mol. The minimum atomic E-state index is -0.224. The lowest BCUT2D eigenvalue weighted by molar-refractivity contribution is -0.134. The predicted octanol–water partition coefficient (Wildman–Crippen LogP) is 1.52. The number of piperidine rings is 1. The molecule has 0 aromatic carbocycles. The molecule has 0 radical (unpaired) electrons. The second kappa shape index (κ2) is 4.82. The van der Waals surface area contributed by atoms with Gasteiger partial charge in [-0.1, -0.05) is 0 Å². The largest absolute Gasteiger partial charge is 0.299 e. The van der Waals surface area contributed by atoms with Crippen molar-refractivity contribution in [1.82, 2.24) is 10.6 Å². The summed E-state index contributed by atoms with van der Waals surface area (Å²) < 4.78 is 0. The fourth-order valence-electron chi connectivity index (χ4n) is 2.75. The zero-order valence-electron chi connectivity index (χ0n) is 10.1. The zero-order valence-corrected chi connectivity index (χ0v) is 10.9. The number of aryl methyl sites for hydroxylation is 1. The molecule has 1 aliphatic carbocycles. The summed E-state index contributed by atoms with van der Waals surface area (Å²) in [6.45, 7) is 0. The van der Waals surface area contributed by atoms with E-state index in [0.717, 1.165) is 12.8 Å². The van der Waals surface area contributed by atoms with Gasteiger partial charge in [0.15, 0.2) is 0 Å². The summed E-state index contributed by atoms with van der Waals surface area (Å²) in [5.74, 6) is -0.327. The summed E-state index contributed by atoms with van der Waals surface area (Å²) in [5, 5.41) is 7.93. The quantitative estimate of drug-likeness (QED) is 0.796. The van der Waals surface area contributed by atoms with Crippen LogP contribution in [0.1, 0.15) is 42.2 Å². The van der Waals surface area contributed by atoms with E-state index >= 15 is 0 Å². The molecule has 5 heteroatoms. The first kappa shape index (κ1) is 11.9. The standard InChI is InChI=1S/C13H16N2O2S/c16-12-5-4-10(13(17)15-12)14-9-2-1-3-11-8(9)6-7-18-11/h6-7,9-10,14H,1-5H2,(H,15,16,17). The maximum atomic E-state index is 11.7. The first-order valence-electron chi connectivity index (χ1n) is 6.40. The number of hydrogen-bond acceptors (Lipinski definition) is 4. The molecule has 4 nitrogen and oxygen atoms in total. The normalized spacial score (nSPS) is 27.8. The molecule has 96 valence electrons. The number of nitrogens with one attached hydrogen (secondary N) is 2. The van der Waals surface area contributed by atoms with Gasteiger partial charge in [-0.25, -0.2) is 0 Å². The number of fused-ring (bicyclic) bond motifs is 1. The van der Waals surface area contributed by atoms with Crippen LogP contribution >= 0.6 is 11.3 Å². The lowest BCUT2D eigenvalue weighted by Crippen LogP contribution is -2.51. The van der Waals surface area contributed by atoms with E-state index in [1.807, 2.05) is 0 Å². The lowest BCUT2D eigenvalue weighted by Gasteiger charge is -2.30. The monoisotopic (exact) mass is 264 g/mol. The van der Waals surface area contributed by atoms with Gasteiger partial charge in [0.1, 0.15) is 0 Å². The molecule has 3 rings (SSSR count). The zero-order chi connectivity index (χ0) is 12.5. The number of carbonyl (C=O) groups excluding carboxylic acids is 2. The Balaban J connectivity index is 1.71. The summed E-state index contributed by atoms with van der Waals surface area (Å²) in [4.78, 5) is 24.3. The first-order valence-corrected chi connectivity index (χ1v) is 7.28. The fourth-order valence-corrected chi connectivity index (χ4v) is 3.74. The molecule has 2 aliphatic rings. The lowest BCUT2D eigenvalue weighted by atomic mass is 9.92. The summed E-state index contributed by atoms with van der Waals surface area (Å²) in [6, 6.07) is 2.20. The van der Waals surface area contributed by atoms with Crippen molar-refractivity contribution >= 4 is 23.2 Å². The second-order valence-corrected chi connectivity index (χ2v) is 5.91. The Labute approximate surface area is 110 Å². The molecule has 1 aromatic rings. The van der Waals surface area contributed by atoms with E-state index in [1.54, 1.807) is 11.3 Å². The van der Waals surface area contributed by atoms with Gasteiger partial charge < -0.3 is 0 Å². The Hall–Kier alpha value is -1.20. The molecule has 0 spiro atoms. The van der Waals surface area contributed by atoms with E-state index in [1.165, 1.54) is 16.9 Å². The average Bonchev–Trinajstić information content (AvgIpc) is 2.82.